The SMILES string of the molecule is O=C(CN1CCCC1CC(O)c1ccco1)Nc1ccc(Cl)cn1. The number of aliphatic hydroxyl groups is 1. The lowest BCUT2D eigenvalue weighted by Gasteiger charge is -2.25. The lowest BCUT2D eigenvalue weighted by molar-refractivity contribution is -0.117. The molecule has 0 aliphatic carbocycles. The van der Waals surface area contributed by atoms with Gasteiger partial charge in [0.2, 0.25) is 5.91 Å². The van der Waals surface area contributed by atoms with Gasteiger partial charge in [0.25, 0.3) is 0 Å². The van der Waals surface area contributed by atoms with Crippen LogP contribution in [0.2, 0.25) is 5.02 Å². The maximum atomic E-state index is 12.2. The number of halogens is 1. The number of hydrogen-bond acceptors (Lipinski definition) is 5. The third kappa shape index (κ3) is 4.35. The number of hydrogen-bond donors (Lipinski definition) is 2. The van der Waals surface area contributed by atoms with Crippen molar-refractivity contribution in [2.45, 2.75) is 31.4 Å². The van der Waals surface area contributed by atoms with E-state index in [1.54, 1.807) is 30.5 Å². The summed E-state index contributed by atoms with van der Waals surface area (Å²) in [7, 11) is 0. The first-order valence-corrected chi connectivity index (χ1v) is 8.36. The van der Waals surface area contributed by atoms with Crippen LogP contribution >= 0.6 is 11.6 Å². The first-order valence-electron chi connectivity index (χ1n) is 7.99. The summed E-state index contributed by atoms with van der Waals surface area (Å²) >= 11 is 5.78. The maximum absolute atomic E-state index is 12.2. The van der Waals surface area contributed by atoms with Crippen LogP contribution in [0, 0.1) is 0 Å². The number of aliphatic hydroxyl groups excluding tert-OH is 1. The molecule has 2 N–H and O–H groups in total. The van der Waals surface area contributed by atoms with Crippen LogP contribution in [-0.4, -0.2) is 40.0 Å². The highest BCUT2D eigenvalue weighted by atomic mass is 35.5. The number of nitrogens with zero attached hydrogens (tertiary/aromatic N) is 2. The zero-order chi connectivity index (χ0) is 16.9. The van der Waals surface area contributed by atoms with Gasteiger partial charge >= 0.3 is 0 Å². The molecule has 128 valence electrons. The Bertz CT molecular complexity index is 660. The molecule has 1 fully saturated rings. The minimum absolute atomic E-state index is 0.121. The molecule has 0 radical (unpaired) electrons. The van der Waals surface area contributed by atoms with Crippen molar-refractivity contribution in [3.05, 3.63) is 47.5 Å². The standard InChI is InChI=1S/C17H20ClN3O3/c18-12-5-6-16(19-10-12)20-17(23)11-21-7-1-3-13(21)9-14(22)15-4-2-8-24-15/h2,4-6,8,10,13-14,22H,1,3,7,9,11H2,(H,19,20,23). The maximum Gasteiger partial charge on any atom is 0.239 e. The van der Waals surface area contributed by atoms with Gasteiger partial charge in [0.15, 0.2) is 0 Å². The largest absolute Gasteiger partial charge is 0.467 e. The number of anilines is 1. The molecule has 1 amide bonds. The van der Waals surface area contributed by atoms with Crippen LogP contribution < -0.4 is 5.32 Å². The Hall–Kier alpha value is -1.89. The lowest BCUT2D eigenvalue weighted by atomic mass is 10.1. The topological polar surface area (TPSA) is 78.6 Å². The molecule has 24 heavy (non-hydrogen) atoms. The average molecular weight is 350 g/mol. The second-order valence-electron chi connectivity index (χ2n) is 5.94. The summed E-state index contributed by atoms with van der Waals surface area (Å²) in [6.45, 7) is 1.12. The highest BCUT2D eigenvalue weighted by Crippen LogP contribution is 2.27. The zero-order valence-electron chi connectivity index (χ0n) is 13.2. The molecule has 3 rings (SSSR count). The Morgan fingerprint density at radius 2 is 2.38 bits per heavy atom. The van der Waals surface area contributed by atoms with Crippen LogP contribution in [0.1, 0.15) is 31.1 Å². The summed E-state index contributed by atoms with van der Waals surface area (Å²) in [4.78, 5) is 18.4. The molecule has 0 aromatic carbocycles. The summed E-state index contributed by atoms with van der Waals surface area (Å²) in [6, 6.07) is 7.04. The summed E-state index contributed by atoms with van der Waals surface area (Å²) in [5.74, 6) is 0.927. The number of nitrogens with one attached hydrogen (secondary N) is 1. The van der Waals surface area contributed by atoms with E-state index < -0.39 is 6.10 Å². The number of aromatic nitrogens is 1. The molecule has 2 unspecified atom stereocenters. The van der Waals surface area contributed by atoms with Crippen LogP contribution in [0.4, 0.5) is 5.82 Å². The summed E-state index contributed by atoms with van der Waals surface area (Å²) < 4.78 is 5.24. The second-order valence-corrected chi connectivity index (χ2v) is 6.38. The van der Waals surface area contributed by atoms with Gasteiger partial charge in [-0.3, -0.25) is 9.69 Å². The molecule has 1 aliphatic heterocycles. The molecule has 2 aromatic rings. The Morgan fingerprint density at radius 1 is 1.50 bits per heavy atom. The van der Waals surface area contributed by atoms with E-state index in [9.17, 15) is 9.90 Å². The molecule has 0 spiro atoms. The number of carbonyl (C=O) groups excluding carboxylic acids is 1. The Labute approximate surface area is 145 Å². The third-order valence-corrected chi connectivity index (χ3v) is 4.43. The van der Waals surface area contributed by atoms with Crippen molar-refractivity contribution in [2.24, 2.45) is 0 Å². The molecule has 0 saturated carbocycles. The lowest BCUT2D eigenvalue weighted by Crippen LogP contribution is -2.37. The Morgan fingerprint density at radius 3 is 3.08 bits per heavy atom. The number of amides is 1. The average Bonchev–Trinajstić information content (AvgIpc) is 3.22. The van der Waals surface area contributed by atoms with E-state index in [1.807, 2.05) is 0 Å². The van der Waals surface area contributed by atoms with E-state index in [2.05, 4.69) is 15.2 Å². The summed E-state index contributed by atoms with van der Waals surface area (Å²) in [5.41, 5.74) is 0. The number of carbonyl (C=O) groups is 1. The van der Waals surface area contributed by atoms with Crippen molar-refractivity contribution in [1.29, 1.82) is 0 Å². The van der Waals surface area contributed by atoms with Gasteiger partial charge in [-0.05, 0) is 50.1 Å². The molecule has 3 heterocycles. The quantitative estimate of drug-likeness (QED) is 0.838. The van der Waals surface area contributed by atoms with Crippen molar-refractivity contribution in [3.8, 4) is 0 Å². The van der Waals surface area contributed by atoms with Gasteiger partial charge in [-0.2, -0.15) is 0 Å². The molecular formula is C17H20ClN3O3. The summed E-state index contributed by atoms with van der Waals surface area (Å²) in [6.07, 6.45) is 4.94. The van der Waals surface area contributed by atoms with Crippen LogP contribution in [0.25, 0.3) is 0 Å². The van der Waals surface area contributed by atoms with Gasteiger partial charge in [-0.15, -0.1) is 0 Å². The minimum Gasteiger partial charge on any atom is -0.467 e. The van der Waals surface area contributed by atoms with E-state index in [1.165, 1.54) is 6.20 Å². The van der Waals surface area contributed by atoms with Crippen molar-refractivity contribution in [2.75, 3.05) is 18.4 Å². The number of rotatable bonds is 6. The molecule has 2 aromatic heterocycles. The first kappa shape index (κ1) is 17.0. The molecule has 7 heteroatoms. The van der Waals surface area contributed by atoms with Gasteiger partial charge in [0.05, 0.1) is 17.8 Å². The van der Waals surface area contributed by atoms with Crippen molar-refractivity contribution < 1.29 is 14.3 Å². The number of pyridine rings is 1. The van der Waals surface area contributed by atoms with Gasteiger partial charge < -0.3 is 14.8 Å². The van der Waals surface area contributed by atoms with Crippen LogP contribution in [-0.2, 0) is 4.79 Å². The highest BCUT2D eigenvalue weighted by Gasteiger charge is 2.29. The Balaban J connectivity index is 1.53. The molecule has 2 atom stereocenters. The monoisotopic (exact) mass is 349 g/mol. The van der Waals surface area contributed by atoms with Gasteiger partial charge in [-0.25, -0.2) is 4.98 Å². The molecule has 1 aliphatic rings. The van der Waals surface area contributed by atoms with E-state index in [0.29, 0.717) is 23.0 Å². The minimum atomic E-state index is -0.647. The molecular weight excluding hydrogens is 330 g/mol. The van der Waals surface area contributed by atoms with Crippen LogP contribution in [0.15, 0.2) is 41.1 Å². The van der Waals surface area contributed by atoms with Crippen molar-refractivity contribution in [3.63, 3.8) is 0 Å². The van der Waals surface area contributed by atoms with Crippen molar-refractivity contribution in [1.82, 2.24) is 9.88 Å². The predicted octanol–water partition coefficient (Wildman–Crippen LogP) is 2.85. The zero-order valence-corrected chi connectivity index (χ0v) is 13.9. The second kappa shape index (κ2) is 7.79. The van der Waals surface area contributed by atoms with Gasteiger partial charge in [-0.1, -0.05) is 11.6 Å². The fourth-order valence-electron chi connectivity index (χ4n) is 3.04. The van der Waals surface area contributed by atoms with E-state index in [-0.39, 0.29) is 18.5 Å². The van der Waals surface area contributed by atoms with Crippen molar-refractivity contribution >= 4 is 23.3 Å². The molecule has 6 nitrogen and oxygen atoms in total. The normalized spacial score (nSPS) is 19.3. The summed E-state index contributed by atoms with van der Waals surface area (Å²) in [5, 5.41) is 13.5. The fourth-order valence-corrected chi connectivity index (χ4v) is 3.15. The highest BCUT2D eigenvalue weighted by molar-refractivity contribution is 6.30. The smallest absolute Gasteiger partial charge is 0.239 e. The predicted molar refractivity (Wildman–Crippen MR) is 90.8 cm³/mol. The van der Waals surface area contributed by atoms with Gasteiger partial charge in [0.1, 0.15) is 17.7 Å². The Kier molecular flexibility index (Phi) is 5.50. The van der Waals surface area contributed by atoms with Gasteiger partial charge in [0, 0.05) is 12.2 Å². The first-order chi connectivity index (χ1) is 11.6. The fraction of sp³-hybridized carbons (Fsp3) is 0.412. The number of furan rings is 1. The number of likely N-dealkylation sites (tertiary alicyclic amines) is 1. The van der Waals surface area contributed by atoms with E-state index in [0.717, 1.165) is 19.4 Å². The van der Waals surface area contributed by atoms with Crippen LogP contribution in [0.5, 0.6) is 0 Å². The van der Waals surface area contributed by atoms with Crippen LogP contribution in [0.3, 0.4) is 0 Å². The van der Waals surface area contributed by atoms with E-state index in [4.69, 9.17) is 16.0 Å². The molecule has 1 saturated heterocycles. The molecule has 0 bridgehead atoms. The third-order valence-electron chi connectivity index (χ3n) is 4.21. The van der Waals surface area contributed by atoms with E-state index >= 15 is 0 Å².